The van der Waals surface area contributed by atoms with Gasteiger partial charge in [0.1, 0.15) is 11.7 Å². The summed E-state index contributed by atoms with van der Waals surface area (Å²) in [7, 11) is 0. The number of nitrogens with zero attached hydrogens (tertiary/aromatic N) is 4. The maximum atomic E-state index is 13.2. The van der Waals surface area contributed by atoms with Gasteiger partial charge in [-0.05, 0) is 26.2 Å². The van der Waals surface area contributed by atoms with Gasteiger partial charge in [0.25, 0.3) is 11.8 Å². The molecule has 1 atom stereocenters. The number of hydrogen-bond donors (Lipinski definition) is 1. The minimum absolute atomic E-state index is 0.0889. The Hall–Kier alpha value is -3.82. The molecular weight excluding hydrogens is 414 g/mol. The van der Waals surface area contributed by atoms with E-state index < -0.39 is 29.7 Å². The number of imide groups is 2. The van der Waals surface area contributed by atoms with Gasteiger partial charge in [0.15, 0.2) is 0 Å². The van der Waals surface area contributed by atoms with Crippen LogP contribution in [-0.4, -0.2) is 56.2 Å². The smallest absolute Gasteiger partial charge is 0.278 e. The van der Waals surface area contributed by atoms with E-state index in [2.05, 4.69) is 15.5 Å². The molecule has 0 spiro atoms. The molecule has 2 aromatic rings. The number of aromatic nitrogens is 2. The normalized spacial score (nSPS) is 21.3. The molecule has 5 rings (SSSR count). The Kier molecular flexibility index (Phi) is 4.84. The SMILES string of the molecule is Cc1ccc(-c2noc(CN3CCCC4=C3C(=O)N(C3CCC(=O)NC3=O)C4=O)n2)cc1. The van der Waals surface area contributed by atoms with Gasteiger partial charge in [-0.3, -0.25) is 29.4 Å². The van der Waals surface area contributed by atoms with Gasteiger partial charge in [-0.25, -0.2) is 0 Å². The second-order valence-corrected chi connectivity index (χ2v) is 8.18. The molecule has 10 heteroatoms. The minimum Gasteiger partial charge on any atom is -0.357 e. The highest BCUT2D eigenvalue weighted by Crippen LogP contribution is 2.34. The monoisotopic (exact) mass is 435 g/mol. The van der Waals surface area contributed by atoms with E-state index >= 15 is 0 Å². The third-order valence-electron chi connectivity index (χ3n) is 5.98. The average molecular weight is 435 g/mol. The number of amides is 4. The van der Waals surface area contributed by atoms with Crippen molar-refractivity contribution >= 4 is 23.6 Å². The standard InChI is InChI=1S/C22H21N5O5/c1-12-4-6-13(7-5-12)19-24-17(32-25-19)11-26-10-2-3-14-18(26)22(31)27(21(14)30)15-8-9-16(28)23-20(15)29/h4-7,15H,2-3,8-11H2,1H3,(H,23,28,29). The number of aryl methyl sites for hydroxylation is 1. The van der Waals surface area contributed by atoms with Crippen molar-refractivity contribution in [3.8, 4) is 11.4 Å². The third-order valence-corrected chi connectivity index (χ3v) is 5.98. The molecule has 1 aromatic heterocycles. The van der Waals surface area contributed by atoms with E-state index in [1.165, 1.54) is 0 Å². The first-order valence-electron chi connectivity index (χ1n) is 10.5. The van der Waals surface area contributed by atoms with Crippen molar-refractivity contribution in [1.82, 2.24) is 25.3 Å². The largest absolute Gasteiger partial charge is 0.357 e. The summed E-state index contributed by atoms with van der Waals surface area (Å²) in [6.07, 6.45) is 1.36. The summed E-state index contributed by atoms with van der Waals surface area (Å²) in [5.41, 5.74) is 2.61. The van der Waals surface area contributed by atoms with Gasteiger partial charge in [0.05, 0.1) is 6.54 Å². The molecule has 32 heavy (non-hydrogen) atoms. The summed E-state index contributed by atoms with van der Waals surface area (Å²) in [6.45, 7) is 2.72. The lowest BCUT2D eigenvalue weighted by Gasteiger charge is -2.29. The number of hydrogen-bond acceptors (Lipinski definition) is 8. The van der Waals surface area contributed by atoms with E-state index in [1.807, 2.05) is 31.2 Å². The van der Waals surface area contributed by atoms with Crippen molar-refractivity contribution in [2.24, 2.45) is 0 Å². The Bertz CT molecular complexity index is 1170. The molecule has 4 heterocycles. The zero-order valence-electron chi connectivity index (χ0n) is 17.5. The van der Waals surface area contributed by atoms with Gasteiger partial charge in [-0.2, -0.15) is 4.98 Å². The van der Waals surface area contributed by atoms with Gasteiger partial charge in [-0.15, -0.1) is 0 Å². The molecular formula is C22H21N5O5. The summed E-state index contributed by atoms with van der Waals surface area (Å²) >= 11 is 0. The number of piperidine rings is 1. The summed E-state index contributed by atoms with van der Waals surface area (Å²) in [5, 5.41) is 6.24. The molecule has 0 saturated carbocycles. The van der Waals surface area contributed by atoms with E-state index in [0.29, 0.717) is 36.7 Å². The van der Waals surface area contributed by atoms with Gasteiger partial charge in [0.2, 0.25) is 23.5 Å². The lowest BCUT2D eigenvalue weighted by atomic mass is 10.0. The molecule has 1 unspecified atom stereocenters. The van der Waals surface area contributed by atoms with Crippen LogP contribution in [0.5, 0.6) is 0 Å². The van der Waals surface area contributed by atoms with E-state index in [0.717, 1.165) is 16.0 Å². The Morgan fingerprint density at radius 3 is 2.62 bits per heavy atom. The Morgan fingerprint density at radius 2 is 1.88 bits per heavy atom. The van der Waals surface area contributed by atoms with Gasteiger partial charge < -0.3 is 9.42 Å². The highest BCUT2D eigenvalue weighted by atomic mass is 16.5. The topological polar surface area (TPSA) is 126 Å². The number of rotatable bonds is 4. The first kappa shape index (κ1) is 20.1. The van der Waals surface area contributed by atoms with Gasteiger partial charge >= 0.3 is 0 Å². The molecule has 1 aromatic carbocycles. The van der Waals surface area contributed by atoms with E-state index in [1.54, 1.807) is 4.90 Å². The second-order valence-electron chi connectivity index (χ2n) is 8.18. The quantitative estimate of drug-likeness (QED) is 0.707. The minimum atomic E-state index is -0.975. The second kappa shape index (κ2) is 7.70. The Balaban J connectivity index is 1.37. The van der Waals surface area contributed by atoms with Crippen LogP contribution < -0.4 is 5.32 Å². The zero-order valence-corrected chi connectivity index (χ0v) is 17.5. The van der Waals surface area contributed by atoms with Crippen LogP contribution >= 0.6 is 0 Å². The molecule has 0 bridgehead atoms. The number of nitrogens with one attached hydrogen (secondary N) is 1. The van der Waals surface area contributed by atoms with E-state index in [4.69, 9.17) is 4.52 Å². The lowest BCUT2D eigenvalue weighted by Crippen LogP contribution is -2.55. The van der Waals surface area contributed by atoms with Crippen molar-refractivity contribution in [2.75, 3.05) is 6.54 Å². The predicted octanol–water partition coefficient (Wildman–Crippen LogP) is 1.07. The van der Waals surface area contributed by atoms with Crippen LogP contribution in [0, 0.1) is 6.92 Å². The highest BCUT2D eigenvalue weighted by molar-refractivity contribution is 6.21. The van der Waals surface area contributed by atoms with E-state index in [9.17, 15) is 19.2 Å². The molecule has 3 aliphatic heterocycles. The Morgan fingerprint density at radius 1 is 1.09 bits per heavy atom. The predicted molar refractivity (Wildman–Crippen MR) is 109 cm³/mol. The third kappa shape index (κ3) is 3.37. The summed E-state index contributed by atoms with van der Waals surface area (Å²) in [5.74, 6) is -1.22. The van der Waals surface area contributed by atoms with Crippen molar-refractivity contribution in [1.29, 1.82) is 0 Å². The van der Waals surface area contributed by atoms with Crippen LogP contribution in [0.15, 0.2) is 40.1 Å². The fourth-order valence-electron chi connectivity index (χ4n) is 4.36. The van der Waals surface area contributed by atoms with Crippen molar-refractivity contribution in [3.63, 3.8) is 0 Å². The lowest BCUT2D eigenvalue weighted by molar-refractivity contribution is -0.150. The van der Waals surface area contributed by atoms with Crippen LogP contribution in [0.1, 0.15) is 37.1 Å². The number of carbonyl (C=O) groups is 4. The fraction of sp³-hybridized carbons (Fsp3) is 0.364. The first-order chi connectivity index (χ1) is 15.4. The van der Waals surface area contributed by atoms with Crippen molar-refractivity contribution < 1.29 is 23.7 Å². The number of carbonyl (C=O) groups excluding carboxylic acids is 4. The molecule has 164 valence electrons. The van der Waals surface area contributed by atoms with E-state index in [-0.39, 0.29) is 25.1 Å². The van der Waals surface area contributed by atoms with Crippen molar-refractivity contribution in [2.45, 2.75) is 45.2 Å². The Labute approximate surface area is 183 Å². The summed E-state index contributed by atoms with van der Waals surface area (Å²) in [4.78, 5) is 57.1. The molecule has 0 aliphatic carbocycles. The molecule has 1 N–H and O–H groups in total. The van der Waals surface area contributed by atoms with Crippen LogP contribution in [0.4, 0.5) is 0 Å². The fourth-order valence-corrected chi connectivity index (χ4v) is 4.36. The maximum absolute atomic E-state index is 13.2. The van der Waals surface area contributed by atoms with Crippen LogP contribution in [0.25, 0.3) is 11.4 Å². The molecule has 0 radical (unpaired) electrons. The molecule has 3 aliphatic rings. The van der Waals surface area contributed by atoms with Crippen LogP contribution in [0.2, 0.25) is 0 Å². The summed E-state index contributed by atoms with van der Waals surface area (Å²) < 4.78 is 5.40. The molecule has 1 saturated heterocycles. The number of benzene rings is 1. The zero-order chi connectivity index (χ0) is 22.4. The highest BCUT2D eigenvalue weighted by Gasteiger charge is 2.48. The maximum Gasteiger partial charge on any atom is 0.278 e. The first-order valence-corrected chi connectivity index (χ1v) is 10.5. The molecule has 4 amide bonds. The van der Waals surface area contributed by atoms with Crippen LogP contribution in [0.3, 0.4) is 0 Å². The summed E-state index contributed by atoms with van der Waals surface area (Å²) in [6, 6.07) is 6.75. The average Bonchev–Trinajstić information content (AvgIpc) is 3.33. The molecule has 10 nitrogen and oxygen atoms in total. The van der Waals surface area contributed by atoms with Gasteiger partial charge in [0, 0.05) is 24.1 Å². The molecule has 1 fully saturated rings. The van der Waals surface area contributed by atoms with Crippen molar-refractivity contribution in [3.05, 3.63) is 47.0 Å². The van der Waals surface area contributed by atoms with Gasteiger partial charge in [-0.1, -0.05) is 35.0 Å². The van der Waals surface area contributed by atoms with Crippen LogP contribution in [-0.2, 0) is 25.7 Å².